The highest BCUT2D eigenvalue weighted by molar-refractivity contribution is 5.81. The van der Waals surface area contributed by atoms with E-state index in [1.165, 1.54) is 16.8 Å². The number of nitrogens with zero attached hydrogens (tertiary/aromatic N) is 1. The average molecular weight is 425 g/mol. The summed E-state index contributed by atoms with van der Waals surface area (Å²) >= 11 is 0. The van der Waals surface area contributed by atoms with Gasteiger partial charge in [-0.05, 0) is 6.42 Å². The van der Waals surface area contributed by atoms with Crippen LogP contribution in [0.15, 0.2) is 21.9 Å². The summed E-state index contributed by atoms with van der Waals surface area (Å²) in [6.45, 7) is 0.211. The van der Waals surface area contributed by atoms with Crippen molar-refractivity contribution in [2.24, 2.45) is 0 Å². The van der Waals surface area contributed by atoms with Crippen molar-refractivity contribution in [3.05, 3.63) is 33.1 Å². The van der Waals surface area contributed by atoms with Crippen molar-refractivity contribution in [3.63, 3.8) is 0 Å². The van der Waals surface area contributed by atoms with E-state index in [1.54, 1.807) is 5.32 Å². The van der Waals surface area contributed by atoms with Crippen molar-refractivity contribution in [3.8, 4) is 0 Å². The lowest BCUT2D eigenvalue weighted by molar-refractivity contribution is -0.173. The Kier molecular flexibility index (Phi) is 8.37. The van der Waals surface area contributed by atoms with Crippen LogP contribution in [0.2, 0.25) is 0 Å². The number of carbonyl (C=O) groups is 1. The second kappa shape index (κ2) is 10.5. The number of ether oxygens (including phenoxy) is 3. The lowest BCUT2D eigenvalue weighted by Crippen LogP contribution is -2.38. The molecule has 0 saturated carbocycles. The molecule has 1 fully saturated rings. The number of carbonyl (C=O) groups excluding carboxylic acids is 1. The molecule has 10 nitrogen and oxygen atoms in total. The van der Waals surface area contributed by atoms with E-state index in [0.29, 0.717) is 6.42 Å². The van der Waals surface area contributed by atoms with Crippen LogP contribution in [0, 0.1) is 0 Å². The van der Waals surface area contributed by atoms with Crippen molar-refractivity contribution in [2.45, 2.75) is 37.5 Å². The lowest BCUT2D eigenvalue weighted by Gasteiger charge is -2.16. The van der Waals surface area contributed by atoms with E-state index in [4.69, 9.17) is 14.2 Å². The topological polar surface area (TPSA) is 132 Å². The summed E-state index contributed by atoms with van der Waals surface area (Å²) in [5.41, 5.74) is -1.17. The zero-order valence-electron chi connectivity index (χ0n) is 15.3. The van der Waals surface area contributed by atoms with Crippen LogP contribution in [0.3, 0.4) is 0 Å². The molecule has 164 valence electrons. The summed E-state index contributed by atoms with van der Waals surface area (Å²) < 4.78 is 53.1. The van der Waals surface area contributed by atoms with Crippen molar-refractivity contribution in [2.75, 3.05) is 33.0 Å². The number of aromatic nitrogens is 2. The number of hydrogen-bond acceptors (Lipinski definition) is 7. The maximum absolute atomic E-state index is 11.9. The molecule has 29 heavy (non-hydrogen) atoms. The van der Waals surface area contributed by atoms with Gasteiger partial charge >= 0.3 is 17.8 Å². The van der Waals surface area contributed by atoms with Crippen LogP contribution in [0.25, 0.3) is 0 Å². The Labute approximate surface area is 162 Å². The van der Waals surface area contributed by atoms with Gasteiger partial charge < -0.3 is 24.6 Å². The SMILES string of the molecule is O=C(NCCOCCCOC[C@H]1O[C@@H](n2ccc(=O)[nH]c2=O)C[C@@H]1O)C(F)(F)F. The molecule has 0 bridgehead atoms. The molecular formula is C16H22F3N3O7. The summed E-state index contributed by atoms with van der Waals surface area (Å²) in [7, 11) is 0. The molecule has 0 radical (unpaired) electrons. The van der Waals surface area contributed by atoms with Gasteiger partial charge in [-0.15, -0.1) is 0 Å². The summed E-state index contributed by atoms with van der Waals surface area (Å²) in [5.74, 6) is -2.01. The monoisotopic (exact) mass is 425 g/mol. The minimum Gasteiger partial charge on any atom is -0.390 e. The fraction of sp³-hybridized carbons (Fsp3) is 0.688. The highest BCUT2D eigenvalue weighted by Gasteiger charge is 2.38. The predicted octanol–water partition coefficient (Wildman–Crippen LogP) is -0.713. The third-order valence-electron chi connectivity index (χ3n) is 4.01. The minimum atomic E-state index is -4.91. The zero-order valence-corrected chi connectivity index (χ0v) is 15.3. The molecule has 3 N–H and O–H groups in total. The molecule has 0 spiro atoms. The van der Waals surface area contributed by atoms with E-state index in [1.807, 2.05) is 0 Å². The first-order valence-corrected chi connectivity index (χ1v) is 8.84. The van der Waals surface area contributed by atoms with E-state index in [0.717, 1.165) is 0 Å². The second-order valence-electron chi connectivity index (χ2n) is 6.24. The highest BCUT2D eigenvalue weighted by Crippen LogP contribution is 2.27. The molecule has 0 aliphatic carbocycles. The van der Waals surface area contributed by atoms with Crippen molar-refractivity contribution < 1.29 is 37.3 Å². The Morgan fingerprint density at radius 3 is 2.72 bits per heavy atom. The molecule has 1 saturated heterocycles. The molecule has 3 atom stereocenters. The van der Waals surface area contributed by atoms with Gasteiger partial charge in [0.25, 0.3) is 5.56 Å². The first kappa shape index (κ1) is 23.1. The largest absolute Gasteiger partial charge is 0.471 e. The zero-order chi connectivity index (χ0) is 21.4. The first-order chi connectivity index (χ1) is 13.7. The van der Waals surface area contributed by atoms with Gasteiger partial charge in [0.05, 0.1) is 19.3 Å². The molecule has 1 amide bonds. The fourth-order valence-corrected chi connectivity index (χ4v) is 2.59. The smallest absolute Gasteiger partial charge is 0.390 e. The molecule has 1 aromatic heterocycles. The third-order valence-corrected chi connectivity index (χ3v) is 4.01. The standard InChI is InChI=1S/C16H22F3N3O7/c17-16(18,19)14(25)20-3-7-27-5-1-6-28-9-11-10(23)8-13(29-11)22-4-2-12(24)21-15(22)26/h2,4,10-11,13,23H,1,3,5-9H2,(H,20,25)(H,21,24,26)/t10-,11+,13+/m0/s1. The number of hydrogen-bond donors (Lipinski definition) is 3. The van der Waals surface area contributed by atoms with Crippen LogP contribution < -0.4 is 16.6 Å². The van der Waals surface area contributed by atoms with Gasteiger partial charge in [-0.2, -0.15) is 13.2 Å². The number of H-pyrrole nitrogens is 1. The summed E-state index contributed by atoms with van der Waals surface area (Å²) in [5, 5.41) is 11.7. The Hall–Kier alpha value is -2.22. The van der Waals surface area contributed by atoms with E-state index in [9.17, 15) is 32.7 Å². The van der Waals surface area contributed by atoms with Crippen molar-refractivity contribution in [1.82, 2.24) is 14.9 Å². The van der Waals surface area contributed by atoms with Crippen molar-refractivity contribution in [1.29, 1.82) is 0 Å². The van der Waals surface area contributed by atoms with Gasteiger partial charge in [-0.3, -0.25) is 19.1 Å². The second-order valence-corrected chi connectivity index (χ2v) is 6.24. The number of alkyl halides is 3. The van der Waals surface area contributed by atoms with Gasteiger partial charge in [0.15, 0.2) is 0 Å². The number of rotatable bonds is 10. The van der Waals surface area contributed by atoms with Crippen LogP contribution in [0.1, 0.15) is 19.1 Å². The third kappa shape index (κ3) is 7.27. The van der Waals surface area contributed by atoms with Crippen molar-refractivity contribution >= 4 is 5.91 Å². The Morgan fingerprint density at radius 1 is 1.31 bits per heavy atom. The average Bonchev–Trinajstić information content (AvgIpc) is 2.99. The van der Waals surface area contributed by atoms with E-state index in [2.05, 4.69) is 4.98 Å². The molecular weight excluding hydrogens is 403 g/mol. The van der Waals surface area contributed by atoms with E-state index < -0.39 is 41.8 Å². The molecule has 0 unspecified atom stereocenters. The van der Waals surface area contributed by atoms with Gasteiger partial charge in [-0.25, -0.2) is 4.79 Å². The molecule has 1 aliphatic heterocycles. The van der Waals surface area contributed by atoms with Gasteiger partial charge in [0.2, 0.25) is 0 Å². The van der Waals surface area contributed by atoms with Crippen LogP contribution in [0.4, 0.5) is 13.2 Å². The highest BCUT2D eigenvalue weighted by atomic mass is 19.4. The van der Waals surface area contributed by atoms with Gasteiger partial charge in [0, 0.05) is 38.4 Å². The Morgan fingerprint density at radius 2 is 2.03 bits per heavy atom. The van der Waals surface area contributed by atoms with Crippen LogP contribution in [0.5, 0.6) is 0 Å². The van der Waals surface area contributed by atoms with Gasteiger partial charge in [-0.1, -0.05) is 0 Å². The minimum absolute atomic E-state index is 0.0669. The maximum atomic E-state index is 11.9. The number of aliphatic hydroxyl groups excluding tert-OH is 1. The number of nitrogens with one attached hydrogen (secondary N) is 2. The number of aromatic amines is 1. The molecule has 2 rings (SSSR count). The van der Waals surface area contributed by atoms with Crippen LogP contribution >= 0.6 is 0 Å². The Bertz CT molecular complexity index is 780. The summed E-state index contributed by atoms with van der Waals surface area (Å²) in [6.07, 6.45) is -5.25. The van der Waals surface area contributed by atoms with E-state index in [-0.39, 0.29) is 39.4 Å². The number of halogens is 3. The molecule has 1 aliphatic rings. The molecule has 2 heterocycles. The predicted molar refractivity (Wildman–Crippen MR) is 91.2 cm³/mol. The lowest BCUT2D eigenvalue weighted by atomic mass is 10.2. The quantitative estimate of drug-likeness (QED) is 0.422. The van der Waals surface area contributed by atoms with Gasteiger partial charge in [0.1, 0.15) is 12.3 Å². The number of amides is 1. The normalized spacial score (nSPS) is 22.0. The summed E-state index contributed by atoms with van der Waals surface area (Å²) in [6, 6.07) is 1.18. The van der Waals surface area contributed by atoms with E-state index >= 15 is 0 Å². The fourth-order valence-electron chi connectivity index (χ4n) is 2.59. The number of aliphatic hydroxyl groups is 1. The van der Waals surface area contributed by atoms with Crippen LogP contribution in [-0.2, 0) is 19.0 Å². The molecule has 0 aromatic carbocycles. The molecule has 1 aromatic rings. The first-order valence-electron chi connectivity index (χ1n) is 8.84. The maximum Gasteiger partial charge on any atom is 0.471 e. The summed E-state index contributed by atoms with van der Waals surface area (Å²) in [4.78, 5) is 35.5. The molecule has 13 heteroatoms. The Balaban J connectivity index is 1.57. The van der Waals surface area contributed by atoms with Crippen LogP contribution in [-0.4, -0.2) is 71.9 Å².